The quantitative estimate of drug-likeness (QED) is 0.287. The van der Waals surface area contributed by atoms with Crippen LogP contribution in [0.15, 0.2) is 36.0 Å². The van der Waals surface area contributed by atoms with Gasteiger partial charge in [-0.1, -0.05) is 11.6 Å². The van der Waals surface area contributed by atoms with Crippen LogP contribution in [0.2, 0.25) is 5.02 Å². The van der Waals surface area contributed by atoms with Crippen molar-refractivity contribution < 1.29 is 19.7 Å². The highest BCUT2D eigenvalue weighted by atomic mass is 35.5. The first kappa shape index (κ1) is 26.8. The van der Waals surface area contributed by atoms with Gasteiger partial charge in [0.1, 0.15) is 5.75 Å². The van der Waals surface area contributed by atoms with E-state index < -0.39 is 12.1 Å². The number of aromatic nitrogens is 2. The van der Waals surface area contributed by atoms with Gasteiger partial charge in [0.2, 0.25) is 0 Å². The fourth-order valence-corrected chi connectivity index (χ4v) is 6.24. The molecule has 0 bridgehead atoms. The van der Waals surface area contributed by atoms with Crippen LogP contribution in [-0.4, -0.2) is 57.8 Å². The highest BCUT2D eigenvalue weighted by Gasteiger charge is 2.37. The Morgan fingerprint density at radius 3 is 2.78 bits per heavy atom. The van der Waals surface area contributed by atoms with Crippen LogP contribution in [0.25, 0.3) is 10.9 Å². The molecule has 0 spiro atoms. The average Bonchev–Trinajstić information content (AvgIpc) is 3.39. The number of likely N-dealkylation sites (tertiary alicyclic amines) is 1. The van der Waals surface area contributed by atoms with Gasteiger partial charge in [0.25, 0.3) is 0 Å². The van der Waals surface area contributed by atoms with Crippen LogP contribution in [0.3, 0.4) is 0 Å². The number of hydrogen-bond acceptors (Lipinski definition) is 7. The number of nitrogens with zero attached hydrogens (tertiary/aromatic N) is 3. The number of aliphatic carboxylic acids is 1. The zero-order valence-corrected chi connectivity index (χ0v) is 22.2. The van der Waals surface area contributed by atoms with Crippen molar-refractivity contribution in [2.75, 3.05) is 26.7 Å². The summed E-state index contributed by atoms with van der Waals surface area (Å²) in [6.45, 7) is 2.80. The summed E-state index contributed by atoms with van der Waals surface area (Å²) in [7, 11) is 1.60. The Morgan fingerprint density at radius 2 is 2.08 bits per heavy atom. The smallest absolute Gasteiger partial charge is 0.303 e. The second-order valence-corrected chi connectivity index (χ2v) is 11.1. The highest BCUT2D eigenvalue weighted by Crippen LogP contribution is 2.43. The molecule has 194 valence electrons. The number of halogens is 1. The molecule has 1 saturated heterocycles. The number of carbonyl (C=O) groups is 1. The third-order valence-electron chi connectivity index (χ3n) is 7.39. The number of fused-ring (bicyclic) bond motifs is 1. The molecule has 36 heavy (non-hydrogen) atoms. The molecule has 2 aromatic heterocycles. The van der Waals surface area contributed by atoms with Gasteiger partial charge in [-0.25, -0.2) is 4.98 Å². The van der Waals surface area contributed by atoms with Gasteiger partial charge in [-0.15, -0.1) is 11.3 Å². The van der Waals surface area contributed by atoms with Crippen LogP contribution in [-0.2, 0) is 11.2 Å². The van der Waals surface area contributed by atoms with Crippen molar-refractivity contribution in [3.8, 4) is 5.75 Å². The van der Waals surface area contributed by atoms with Crippen molar-refractivity contribution in [3.63, 3.8) is 0 Å². The molecule has 1 atom stereocenters. The molecule has 1 fully saturated rings. The number of unbranched alkanes of at least 4 members (excludes halogenated alkanes) is 1. The summed E-state index contributed by atoms with van der Waals surface area (Å²) < 4.78 is 5.35. The van der Waals surface area contributed by atoms with Crippen molar-refractivity contribution in [1.82, 2.24) is 14.9 Å². The maximum absolute atomic E-state index is 11.8. The zero-order chi connectivity index (χ0) is 25.5. The lowest BCUT2D eigenvalue weighted by molar-refractivity contribution is -0.141. The molecule has 3 aromatic rings. The Balaban J connectivity index is 1.37. The Hall–Kier alpha value is -2.26. The fraction of sp³-hybridized carbons (Fsp3) is 0.519. The number of ether oxygens (including phenoxy) is 1. The number of piperidine rings is 1. The van der Waals surface area contributed by atoms with Gasteiger partial charge in [0, 0.05) is 28.7 Å². The van der Waals surface area contributed by atoms with Crippen LogP contribution < -0.4 is 4.74 Å². The summed E-state index contributed by atoms with van der Waals surface area (Å²) in [5, 5.41) is 25.2. The second-order valence-electron chi connectivity index (χ2n) is 9.75. The third-order valence-corrected chi connectivity index (χ3v) is 8.53. The van der Waals surface area contributed by atoms with E-state index in [9.17, 15) is 15.0 Å². The molecule has 2 N–H and O–H groups in total. The lowest BCUT2D eigenvalue weighted by atomic mass is 9.71. The number of benzene rings is 1. The first-order valence-electron chi connectivity index (χ1n) is 12.5. The summed E-state index contributed by atoms with van der Waals surface area (Å²) in [5.74, 6) is -0.111. The topological polar surface area (TPSA) is 95.8 Å². The molecule has 3 heterocycles. The number of rotatable bonds is 12. The van der Waals surface area contributed by atoms with E-state index in [4.69, 9.17) is 16.3 Å². The third kappa shape index (κ3) is 6.73. The van der Waals surface area contributed by atoms with Crippen molar-refractivity contribution in [2.45, 2.75) is 57.5 Å². The van der Waals surface area contributed by atoms with Crippen molar-refractivity contribution in [3.05, 3.63) is 51.6 Å². The van der Waals surface area contributed by atoms with E-state index in [1.807, 2.05) is 29.8 Å². The van der Waals surface area contributed by atoms with Crippen molar-refractivity contribution >= 4 is 39.8 Å². The monoisotopic (exact) mass is 531 g/mol. The molecule has 1 aliphatic rings. The molecule has 0 aliphatic carbocycles. The Morgan fingerprint density at radius 1 is 1.28 bits per heavy atom. The normalized spacial score (nSPS) is 16.8. The molecule has 4 rings (SSSR count). The lowest BCUT2D eigenvalue weighted by Crippen LogP contribution is -2.41. The predicted molar refractivity (Wildman–Crippen MR) is 143 cm³/mol. The summed E-state index contributed by atoms with van der Waals surface area (Å²) in [4.78, 5) is 22.9. The molecule has 7 nitrogen and oxygen atoms in total. The number of aryl methyl sites for hydroxylation is 1. The van der Waals surface area contributed by atoms with E-state index in [1.165, 1.54) is 5.01 Å². The van der Waals surface area contributed by atoms with Gasteiger partial charge < -0.3 is 19.8 Å². The summed E-state index contributed by atoms with van der Waals surface area (Å²) in [6, 6.07) is 5.51. The Bertz CT molecular complexity index is 1150. The average molecular weight is 532 g/mol. The maximum atomic E-state index is 11.8. The van der Waals surface area contributed by atoms with Crippen LogP contribution in [0.5, 0.6) is 5.75 Å². The van der Waals surface area contributed by atoms with E-state index in [2.05, 4.69) is 14.9 Å². The number of carboxylic acids is 1. The molecule has 1 aromatic carbocycles. The number of aliphatic hydroxyl groups is 1. The molecule has 1 unspecified atom stereocenters. The van der Waals surface area contributed by atoms with E-state index in [-0.39, 0.29) is 11.8 Å². The molecular formula is C27H34ClN3O4S. The first-order chi connectivity index (χ1) is 17.4. The van der Waals surface area contributed by atoms with Crippen LogP contribution in [0, 0.1) is 5.41 Å². The first-order valence-corrected chi connectivity index (χ1v) is 13.8. The van der Waals surface area contributed by atoms with Crippen LogP contribution in [0.1, 0.15) is 61.6 Å². The lowest BCUT2D eigenvalue weighted by Gasteiger charge is -2.41. The molecular weight excluding hydrogens is 498 g/mol. The minimum absolute atomic E-state index is 0.121. The summed E-state index contributed by atoms with van der Waals surface area (Å²) >= 11 is 8.18. The minimum Gasteiger partial charge on any atom is -0.497 e. The number of pyridine rings is 1. The van der Waals surface area contributed by atoms with E-state index >= 15 is 0 Å². The molecule has 0 amide bonds. The van der Waals surface area contributed by atoms with E-state index in [0.717, 1.165) is 62.6 Å². The number of aliphatic hydroxyl groups excluding tert-OH is 1. The Labute approximate surface area is 221 Å². The van der Waals surface area contributed by atoms with Gasteiger partial charge in [-0.05, 0) is 88.2 Å². The number of carboxylic acid groups (broad SMARTS) is 1. The van der Waals surface area contributed by atoms with Crippen LogP contribution >= 0.6 is 22.9 Å². The van der Waals surface area contributed by atoms with E-state index in [0.29, 0.717) is 29.2 Å². The van der Waals surface area contributed by atoms with Crippen molar-refractivity contribution in [1.29, 1.82) is 0 Å². The maximum Gasteiger partial charge on any atom is 0.303 e. The van der Waals surface area contributed by atoms with Gasteiger partial charge in [0.15, 0.2) is 0 Å². The number of hydrogen-bond donors (Lipinski definition) is 2. The second kappa shape index (κ2) is 12.3. The zero-order valence-electron chi connectivity index (χ0n) is 20.7. The molecule has 9 heteroatoms. The van der Waals surface area contributed by atoms with Gasteiger partial charge >= 0.3 is 5.97 Å². The Kier molecular flexibility index (Phi) is 9.17. The largest absolute Gasteiger partial charge is 0.497 e. The fourth-order valence-electron chi connectivity index (χ4n) is 5.30. The molecule has 0 saturated carbocycles. The summed E-state index contributed by atoms with van der Waals surface area (Å²) in [5.41, 5.74) is 1.04. The van der Waals surface area contributed by atoms with Gasteiger partial charge in [-0.2, -0.15) is 0 Å². The molecule has 0 radical (unpaired) electrons. The van der Waals surface area contributed by atoms with Gasteiger partial charge in [-0.3, -0.25) is 9.78 Å². The number of methoxy groups -OCH3 is 1. The predicted octanol–water partition coefficient (Wildman–Crippen LogP) is 5.75. The molecule has 1 aliphatic heterocycles. The summed E-state index contributed by atoms with van der Waals surface area (Å²) in [6.07, 6.45) is 8.67. The van der Waals surface area contributed by atoms with Gasteiger partial charge in [0.05, 0.1) is 35.2 Å². The highest BCUT2D eigenvalue weighted by molar-refractivity contribution is 7.09. The number of thiazole rings is 1. The standard InChI is InChI=1S/C27H34ClN3O4S/c1-35-19-5-6-22-20(16-19)26(21(28)18-30-22)23(32)7-8-27(17-25(33)34)9-13-31(14-10-27)12-3-2-4-24-29-11-15-36-24/h5-6,11,15-16,18,23,32H,2-4,7-10,12-14,17H2,1H3,(H,33,34). The van der Waals surface area contributed by atoms with E-state index in [1.54, 1.807) is 24.6 Å². The SMILES string of the molecule is COc1ccc2ncc(Cl)c(C(O)CCC3(CC(=O)O)CCN(CCCCc4nccs4)CC3)c2c1. The van der Waals surface area contributed by atoms with Crippen LogP contribution in [0.4, 0.5) is 0 Å². The van der Waals surface area contributed by atoms with Crippen molar-refractivity contribution in [2.24, 2.45) is 5.41 Å². The minimum atomic E-state index is -0.815.